The van der Waals surface area contributed by atoms with Crippen molar-refractivity contribution in [2.45, 2.75) is 12.0 Å². The van der Waals surface area contributed by atoms with Crippen molar-refractivity contribution in [1.82, 2.24) is 0 Å². The summed E-state index contributed by atoms with van der Waals surface area (Å²) in [6.45, 7) is 0. The molecular weight excluding hydrogens is 312 g/mol. The second-order valence-electron chi connectivity index (χ2n) is 6.31. The Balaban J connectivity index is 1.87. The SMILES string of the molecule is COc1ccc(CC2(O)c3ccccc3C(=O)c3ccccc32)cc1. The van der Waals surface area contributed by atoms with Crippen LogP contribution in [0.1, 0.15) is 32.6 Å². The molecule has 124 valence electrons. The van der Waals surface area contributed by atoms with Gasteiger partial charge in [-0.1, -0.05) is 60.7 Å². The van der Waals surface area contributed by atoms with Gasteiger partial charge in [-0.05, 0) is 28.8 Å². The highest BCUT2D eigenvalue weighted by Gasteiger charge is 2.41. The van der Waals surface area contributed by atoms with Gasteiger partial charge in [-0.25, -0.2) is 0 Å². The lowest BCUT2D eigenvalue weighted by Gasteiger charge is -2.36. The fourth-order valence-electron chi connectivity index (χ4n) is 3.60. The van der Waals surface area contributed by atoms with Crippen LogP contribution in [0.2, 0.25) is 0 Å². The molecule has 1 aliphatic rings. The number of ketones is 1. The normalized spacial score (nSPS) is 14.6. The number of aliphatic hydroxyl groups is 1. The fourth-order valence-corrected chi connectivity index (χ4v) is 3.60. The molecule has 0 spiro atoms. The maximum absolute atomic E-state index is 12.8. The molecule has 0 fully saturated rings. The molecule has 3 nitrogen and oxygen atoms in total. The predicted molar refractivity (Wildman–Crippen MR) is 96.0 cm³/mol. The van der Waals surface area contributed by atoms with Crippen LogP contribution in [0.3, 0.4) is 0 Å². The highest BCUT2D eigenvalue weighted by molar-refractivity contribution is 6.13. The van der Waals surface area contributed by atoms with E-state index in [0.29, 0.717) is 28.7 Å². The van der Waals surface area contributed by atoms with Crippen molar-refractivity contribution in [2.75, 3.05) is 7.11 Å². The number of methoxy groups -OCH3 is 1. The molecule has 0 saturated carbocycles. The van der Waals surface area contributed by atoms with E-state index in [9.17, 15) is 9.90 Å². The van der Waals surface area contributed by atoms with E-state index in [2.05, 4.69) is 0 Å². The van der Waals surface area contributed by atoms with E-state index in [0.717, 1.165) is 11.3 Å². The lowest BCUT2D eigenvalue weighted by Crippen LogP contribution is -2.37. The largest absolute Gasteiger partial charge is 0.497 e. The fraction of sp³-hybridized carbons (Fsp3) is 0.136. The molecule has 0 heterocycles. The highest BCUT2D eigenvalue weighted by Crippen LogP contribution is 2.42. The summed E-state index contributed by atoms with van der Waals surface area (Å²) in [4.78, 5) is 12.8. The van der Waals surface area contributed by atoms with E-state index >= 15 is 0 Å². The standard InChI is InChI=1S/C22H18O3/c1-25-16-12-10-15(11-13-16)14-22(24)19-8-4-2-6-17(19)21(23)18-7-3-5-9-20(18)22/h2-13,24H,14H2,1H3. The zero-order valence-electron chi connectivity index (χ0n) is 13.9. The van der Waals surface area contributed by atoms with Gasteiger partial charge in [0.25, 0.3) is 0 Å². The third-order valence-electron chi connectivity index (χ3n) is 4.85. The summed E-state index contributed by atoms with van der Waals surface area (Å²) in [6, 6.07) is 22.3. The maximum Gasteiger partial charge on any atom is 0.193 e. The van der Waals surface area contributed by atoms with Crippen LogP contribution < -0.4 is 4.74 Å². The number of hydrogen-bond acceptors (Lipinski definition) is 3. The molecule has 0 saturated heterocycles. The molecule has 0 aliphatic heterocycles. The van der Waals surface area contributed by atoms with Gasteiger partial charge < -0.3 is 9.84 Å². The van der Waals surface area contributed by atoms with Gasteiger partial charge >= 0.3 is 0 Å². The molecule has 0 atom stereocenters. The summed E-state index contributed by atoms with van der Waals surface area (Å²) in [6.07, 6.45) is 0.387. The Morgan fingerprint density at radius 2 is 1.36 bits per heavy atom. The minimum absolute atomic E-state index is 0.0365. The second-order valence-corrected chi connectivity index (χ2v) is 6.31. The van der Waals surface area contributed by atoms with E-state index < -0.39 is 5.60 Å². The summed E-state index contributed by atoms with van der Waals surface area (Å²) in [5.74, 6) is 0.737. The first-order valence-electron chi connectivity index (χ1n) is 8.22. The average molecular weight is 330 g/mol. The number of carbonyl (C=O) groups is 1. The van der Waals surface area contributed by atoms with Crippen molar-refractivity contribution in [3.63, 3.8) is 0 Å². The zero-order chi connectivity index (χ0) is 17.4. The smallest absolute Gasteiger partial charge is 0.193 e. The number of hydrogen-bond donors (Lipinski definition) is 1. The number of benzene rings is 3. The zero-order valence-corrected chi connectivity index (χ0v) is 13.9. The van der Waals surface area contributed by atoms with Crippen LogP contribution in [-0.4, -0.2) is 18.0 Å². The Kier molecular flexibility index (Phi) is 3.66. The van der Waals surface area contributed by atoms with Crippen LogP contribution in [0.25, 0.3) is 0 Å². The first-order valence-corrected chi connectivity index (χ1v) is 8.22. The van der Waals surface area contributed by atoms with Crippen LogP contribution >= 0.6 is 0 Å². The molecular formula is C22H18O3. The van der Waals surface area contributed by atoms with Gasteiger partial charge in [0.05, 0.1) is 7.11 Å². The minimum atomic E-state index is -1.24. The molecule has 3 aromatic rings. The molecule has 25 heavy (non-hydrogen) atoms. The van der Waals surface area contributed by atoms with Crippen molar-refractivity contribution in [3.05, 3.63) is 101 Å². The summed E-state index contributed by atoms with van der Waals surface area (Å²) in [7, 11) is 1.63. The molecule has 4 rings (SSSR count). The molecule has 3 aromatic carbocycles. The first kappa shape index (κ1) is 15.6. The van der Waals surface area contributed by atoms with Gasteiger partial charge in [0, 0.05) is 17.5 Å². The predicted octanol–water partition coefficient (Wildman–Crippen LogP) is 3.72. The Morgan fingerprint density at radius 3 is 1.88 bits per heavy atom. The third-order valence-corrected chi connectivity index (χ3v) is 4.85. The number of rotatable bonds is 3. The van der Waals surface area contributed by atoms with Gasteiger partial charge in [-0.15, -0.1) is 0 Å². The molecule has 0 amide bonds. The summed E-state index contributed by atoms with van der Waals surface area (Å²) < 4.78 is 5.20. The summed E-state index contributed by atoms with van der Waals surface area (Å²) in [5.41, 5.74) is 2.19. The second kappa shape index (κ2) is 5.87. The molecule has 1 N–H and O–H groups in total. The van der Waals surface area contributed by atoms with Crippen molar-refractivity contribution in [2.24, 2.45) is 0 Å². The van der Waals surface area contributed by atoms with Gasteiger partial charge in [-0.2, -0.15) is 0 Å². The van der Waals surface area contributed by atoms with Crippen LogP contribution in [0.4, 0.5) is 0 Å². The average Bonchev–Trinajstić information content (AvgIpc) is 2.67. The topological polar surface area (TPSA) is 46.5 Å². The maximum atomic E-state index is 12.8. The van der Waals surface area contributed by atoms with Crippen molar-refractivity contribution in [1.29, 1.82) is 0 Å². The van der Waals surface area contributed by atoms with Crippen molar-refractivity contribution in [3.8, 4) is 5.75 Å². The molecule has 1 aliphatic carbocycles. The van der Waals surface area contributed by atoms with Crippen LogP contribution in [0.5, 0.6) is 5.75 Å². The first-order chi connectivity index (χ1) is 12.1. The molecule has 0 aromatic heterocycles. The lowest BCUT2D eigenvalue weighted by molar-refractivity contribution is 0.0721. The van der Waals surface area contributed by atoms with E-state index in [4.69, 9.17) is 4.74 Å². The van der Waals surface area contributed by atoms with E-state index in [1.54, 1.807) is 19.2 Å². The van der Waals surface area contributed by atoms with Crippen LogP contribution in [-0.2, 0) is 12.0 Å². The number of ether oxygens (including phenoxy) is 1. The number of carbonyl (C=O) groups excluding carboxylic acids is 1. The number of fused-ring (bicyclic) bond motifs is 2. The van der Waals surface area contributed by atoms with E-state index in [1.165, 1.54) is 0 Å². The van der Waals surface area contributed by atoms with E-state index in [1.807, 2.05) is 60.7 Å². The Bertz CT molecular complexity index is 892. The Labute approximate surface area is 146 Å². The minimum Gasteiger partial charge on any atom is -0.497 e. The molecule has 3 heteroatoms. The van der Waals surface area contributed by atoms with Crippen molar-refractivity contribution >= 4 is 5.78 Å². The van der Waals surface area contributed by atoms with Gasteiger partial charge in [0.2, 0.25) is 0 Å². The highest BCUT2D eigenvalue weighted by atomic mass is 16.5. The van der Waals surface area contributed by atoms with Crippen LogP contribution in [0.15, 0.2) is 72.8 Å². The molecule has 0 bridgehead atoms. The van der Waals surface area contributed by atoms with Gasteiger partial charge in [-0.3, -0.25) is 4.79 Å². The van der Waals surface area contributed by atoms with Crippen molar-refractivity contribution < 1.29 is 14.6 Å². The summed E-state index contributed by atoms with van der Waals surface area (Å²) in [5, 5.41) is 11.7. The molecule has 0 unspecified atom stereocenters. The summed E-state index contributed by atoms with van der Waals surface area (Å²) >= 11 is 0. The van der Waals surface area contributed by atoms with Crippen LogP contribution in [0, 0.1) is 0 Å². The van der Waals surface area contributed by atoms with E-state index in [-0.39, 0.29) is 5.78 Å². The third kappa shape index (κ3) is 2.44. The van der Waals surface area contributed by atoms with Gasteiger partial charge in [0.15, 0.2) is 5.78 Å². The Morgan fingerprint density at radius 1 is 0.840 bits per heavy atom. The quantitative estimate of drug-likeness (QED) is 0.796. The monoisotopic (exact) mass is 330 g/mol. The lowest BCUT2D eigenvalue weighted by atomic mass is 9.71. The van der Waals surface area contributed by atoms with Gasteiger partial charge in [0.1, 0.15) is 11.4 Å². The Hall–Kier alpha value is -2.91. The molecule has 0 radical (unpaired) electrons.